The molecule has 1 aliphatic rings. The topological polar surface area (TPSA) is 46.2 Å². The Morgan fingerprint density at radius 1 is 1.58 bits per heavy atom. The summed E-state index contributed by atoms with van der Waals surface area (Å²) >= 11 is 0. The zero-order valence-corrected chi connectivity index (χ0v) is 8.69. The minimum atomic E-state index is -2.82. The van der Waals surface area contributed by atoms with E-state index in [1.807, 2.05) is 6.92 Å². The van der Waals surface area contributed by atoms with Crippen LogP contribution in [0.5, 0.6) is 0 Å². The summed E-state index contributed by atoms with van der Waals surface area (Å²) in [5.41, 5.74) is 0. The highest BCUT2D eigenvalue weighted by Gasteiger charge is 2.33. The van der Waals surface area contributed by atoms with Crippen molar-refractivity contribution in [3.63, 3.8) is 0 Å². The normalized spacial score (nSPS) is 31.6. The van der Waals surface area contributed by atoms with E-state index < -0.39 is 9.84 Å². The predicted octanol–water partition coefficient (Wildman–Crippen LogP) is 0.418. The Bertz CT molecular complexity index is 248. The number of rotatable bonds is 4. The van der Waals surface area contributed by atoms with Gasteiger partial charge in [0.15, 0.2) is 0 Å². The molecule has 0 heterocycles. The molecule has 0 aromatic heterocycles. The molecule has 4 heteroatoms. The van der Waals surface area contributed by atoms with Gasteiger partial charge >= 0.3 is 0 Å². The zero-order chi connectivity index (χ0) is 9.35. The van der Waals surface area contributed by atoms with Crippen LogP contribution in [0.4, 0.5) is 0 Å². The highest BCUT2D eigenvalue weighted by molar-refractivity contribution is 7.90. The molecule has 1 fully saturated rings. The van der Waals surface area contributed by atoms with Crippen molar-refractivity contribution in [2.45, 2.75) is 32.4 Å². The highest BCUT2D eigenvalue weighted by atomic mass is 32.2. The summed E-state index contributed by atoms with van der Waals surface area (Å²) in [6.45, 7) is 4.09. The van der Waals surface area contributed by atoms with E-state index in [1.54, 1.807) is 0 Å². The third kappa shape index (κ3) is 3.54. The van der Waals surface area contributed by atoms with Gasteiger partial charge in [0.25, 0.3) is 0 Å². The van der Waals surface area contributed by atoms with Crippen LogP contribution in [-0.4, -0.2) is 32.5 Å². The lowest BCUT2D eigenvalue weighted by atomic mass is 10.3. The molecular formula is C8H17NO2S. The van der Waals surface area contributed by atoms with Crippen LogP contribution in [-0.2, 0) is 9.84 Å². The first-order valence-electron chi connectivity index (χ1n) is 4.32. The lowest BCUT2D eigenvalue weighted by Crippen LogP contribution is -2.34. The van der Waals surface area contributed by atoms with Gasteiger partial charge in [0.1, 0.15) is 9.84 Å². The van der Waals surface area contributed by atoms with Crippen molar-refractivity contribution in [3.8, 4) is 0 Å². The maximum absolute atomic E-state index is 10.9. The van der Waals surface area contributed by atoms with E-state index in [2.05, 4.69) is 12.2 Å². The fraction of sp³-hybridized carbons (Fsp3) is 1.00. The minimum Gasteiger partial charge on any atom is -0.310 e. The maximum atomic E-state index is 10.9. The Kier molecular flexibility index (Phi) is 2.78. The van der Waals surface area contributed by atoms with Crippen molar-refractivity contribution in [2.24, 2.45) is 5.92 Å². The molecule has 1 saturated carbocycles. The fourth-order valence-electron chi connectivity index (χ4n) is 1.42. The molecule has 0 spiro atoms. The predicted molar refractivity (Wildman–Crippen MR) is 49.9 cm³/mol. The molecule has 0 aromatic carbocycles. The Labute approximate surface area is 74.5 Å². The molecule has 0 amide bonds. The van der Waals surface area contributed by atoms with Crippen LogP contribution in [0.1, 0.15) is 20.3 Å². The second kappa shape index (κ2) is 3.34. The van der Waals surface area contributed by atoms with E-state index in [-0.39, 0.29) is 11.8 Å². The molecule has 1 aliphatic carbocycles. The summed E-state index contributed by atoms with van der Waals surface area (Å²) in [6, 6.07) is 0.650. The quantitative estimate of drug-likeness (QED) is 0.700. The van der Waals surface area contributed by atoms with E-state index >= 15 is 0 Å². The van der Waals surface area contributed by atoms with E-state index in [0.29, 0.717) is 6.04 Å². The summed E-state index contributed by atoms with van der Waals surface area (Å²) in [6.07, 6.45) is 2.47. The number of sulfone groups is 1. The molecule has 3 unspecified atom stereocenters. The SMILES string of the molecule is CC(CS(C)(=O)=O)NC1CC1C. The van der Waals surface area contributed by atoms with Crippen LogP contribution in [0.2, 0.25) is 0 Å². The lowest BCUT2D eigenvalue weighted by Gasteiger charge is -2.11. The smallest absolute Gasteiger partial charge is 0.148 e. The van der Waals surface area contributed by atoms with Crippen molar-refractivity contribution in [3.05, 3.63) is 0 Å². The number of nitrogens with one attached hydrogen (secondary N) is 1. The van der Waals surface area contributed by atoms with Gasteiger partial charge in [-0.15, -0.1) is 0 Å². The molecule has 0 aliphatic heterocycles. The van der Waals surface area contributed by atoms with Crippen molar-refractivity contribution >= 4 is 9.84 Å². The molecule has 3 nitrogen and oxygen atoms in total. The van der Waals surface area contributed by atoms with Gasteiger partial charge in [-0.3, -0.25) is 0 Å². The Morgan fingerprint density at radius 2 is 2.08 bits per heavy atom. The molecule has 1 rings (SSSR count). The lowest BCUT2D eigenvalue weighted by molar-refractivity contribution is 0.547. The number of hydrogen-bond acceptors (Lipinski definition) is 3. The summed E-state index contributed by atoms with van der Waals surface area (Å²) in [7, 11) is -2.82. The van der Waals surface area contributed by atoms with Gasteiger partial charge in [0, 0.05) is 18.3 Å². The van der Waals surface area contributed by atoms with Crippen LogP contribution in [0, 0.1) is 5.92 Å². The Balaban J connectivity index is 2.25. The van der Waals surface area contributed by atoms with Gasteiger partial charge in [-0.1, -0.05) is 6.92 Å². The molecular weight excluding hydrogens is 174 g/mol. The minimum absolute atomic E-state index is 0.0925. The maximum Gasteiger partial charge on any atom is 0.148 e. The van der Waals surface area contributed by atoms with Crippen LogP contribution in [0.3, 0.4) is 0 Å². The molecule has 0 saturated heterocycles. The van der Waals surface area contributed by atoms with Gasteiger partial charge in [-0.2, -0.15) is 0 Å². The summed E-state index contributed by atoms with van der Waals surface area (Å²) in [5, 5.41) is 3.28. The van der Waals surface area contributed by atoms with Gasteiger partial charge in [0.2, 0.25) is 0 Å². The van der Waals surface area contributed by atoms with Gasteiger partial charge < -0.3 is 5.32 Å². The second-order valence-electron chi connectivity index (χ2n) is 3.98. The molecule has 12 heavy (non-hydrogen) atoms. The van der Waals surface area contributed by atoms with Crippen LogP contribution >= 0.6 is 0 Å². The van der Waals surface area contributed by atoms with Gasteiger partial charge in [-0.05, 0) is 19.3 Å². The second-order valence-corrected chi connectivity index (χ2v) is 6.16. The third-order valence-corrected chi connectivity index (χ3v) is 3.27. The van der Waals surface area contributed by atoms with Crippen molar-refractivity contribution < 1.29 is 8.42 Å². The van der Waals surface area contributed by atoms with E-state index in [9.17, 15) is 8.42 Å². The Hall–Kier alpha value is -0.0900. The van der Waals surface area contributed by atoms with Crippen LogP contribution in [0.25, 0.3) is 0 Å². The molecule has 3 atom stereocenters. The van der Waals surface area contributed by atoms with Crippen molar-refractivity contribution in [1.29, 1.82) is 0 Å². The fourth-order valence-corrected chi connectivity index (χ4v) is 2.43. The third-order valence-electron chi connectivity index (χ3n) is 2.16. The van der Waals surface area contributed by atoms with E-state index in [0.717, 1.165) is 5.92 Å². The van der Waals surface area contributed by atoms with E-state index in [1.165, 1.54) is 12.7 Å². The first-order chi connectivity index (χ1) is 5.38. The van der Waals surface area contributed by atoms with Gasteiger partial charge in [0.05, 0.1) is 5.75 Å². The summed E-state index contributed by atoms with van der Waals surface area (Å²) < 4.78 is 21.8. The largest absolute Gasteiger partial charge is 0.310 e. The Morgan fingerprint density at radius 3 is 2.42 bits per heavy atom. The molecule has 0 radical (unpaired) electrons. The standard InChI is InChI=1S/C8H17NO2S/c1-6-4-8(6)9-7(2)5-12(3,10)11/h6-9H,4-5H2,1-3H3. The van der Waals surface area contributed by atoms with Gasteiger partial charge in [-0.25, -0.2) is 8.42 Å². The molecule has 1 N–H and O–H groups in total. The van der Waals surface area contributed by atoms with Crippen LogP contribution < -0.4 is 5.32 Å². The number of hydrogen-bond donors (Lipinski definition) is 1. The van der Waals surface area contributed by atoms with Crippen molar-refractivity contribution in [2.75, 3.05) is 12.0 Å². The molecule has 72 valence electrons. The highest BCUT2D eigenvalue weighted by Crippen LogP contribution is 2.29. The van der Waals surface area contributed by atoms with Crippen molar-refractivity contribution in [1.82, 2.24) is 5.32 Å². The summed E-state index contributed by atoms with van der Waals surface area (Å²) in [4.78, 5) is 0. The monoisotopic (exact) mass is 191 g/mol. The average Bonchev–Trinajstić information content (AvgIpc) is 2.40. The molecule has 0 aromatic rings. The average molecular weight is 191 g/mol. The van der Waals surface area contributed by atoms with E-state index in [4.69, 9.17) is 0 Å². The zero-order valence-electron chi connectivity index (χ0n) is 7.87. The van der Waals surface area contributed by atoms with Crippen LogP contribution in [0.15, 0.2) is 0 Å². The summed E-state index contributed by atoms with van der Waals surface area (Å²) in [5.74, 6) is 0.975. The first kappa shape index (κ1) is 9.99. The molecule has 0 bridgehead atoms. The first-order valence-corrected chi connectivity index (χ1v) is 6.38.